The van der Waals surface area contributed by atoms with Crippen LogP contribution >= 0.6 is 0 Å². The molecule has 1 saturated heterocycles. The molecule has 4 rings (SSSR count). The minimum absolute atomic E-state index is 0.137. The first-order chi connectivity index (χ1) is 15.0. The van der Waals surface area contributed by atoms with Gasteiger partial charge in [-0.25, -0.2) is 4.79 Å². The largest absolute Gasteiger partial charge is 0.416 e. The minimum atomic E-state index is -4.45. The van der Waals surface area contributed by atoms with E-state index in [1.54, 1.807) is 0 Å². The number of anilines is 1. The Labute approximate surface area is 184 Å². The Morgan fingerprint density at radius 1 is 1.12 bits per heavy atom. The Balaban J connectivity index is 1.55. The van der Waals surface area contributed by atoms with Crippen molar-refractivity contribution in [2.24, 2.45) is 5.92 Å². The first kappa shape index (κ1) is 22.4. The zero-order valence-corrected chi connectivity index (χ0v) is 18.0. The lowest BCUT2D eigenvalue weighted by Crippen LogP contribution is -2.78. The molecule has 3 aliphatic rings. The van der Waals surface area contributed by atoms with Gasteiger partial charge in [-0.15, -0.1) is 0 Å². The van der Waals surface area contributed by atoms with E-state index in [9.17, 15) is 27.6 Å². The average Bonchev–Trinajstić information content (AvgIpc) is 2.63. The molecule has 32 heavy (non-hydrogen) atoms. The predicted octanol–water partition coefficient (Wildman–Crippen LogP) is 3.92. The van der Waals surface area contributed by atoms with Gasteiger partial charge in [-0.2, -0.15) is 13.2 Å². The molecule has 3 N–H and O–H groups in total. The summed E-state index contributed by atoms with van der Waals surface area (Å²) in [7, 11) is 0. The van der Waals surface area contributed by atoms with Gasteiger partial charge < -0.3 is 10.2 Å². The maximum atomic E-state index is 13.4. The Morgan fingerprint density at radius 2 is 1.84 bits per heavy atom. The molecule has 0 spiro atoms. The lowest BCUT2D eigenvalue weighted by atomic mass is 9.64. The van der Waals surface area contributed by atoms with Gasteiger partial charge in [0.2, 0.25) is 5.91 Å². The van der Waals surface area contributed by atoms with Crippen molar-refractivity contribution in [3.05, 3.63) is 29.3 Å². The van der Waals surface area contributed by atoms with E-state index in [0.29, 0.717) is 25.7 Å². The van der Waals surface area contributed by atoms with E-state index < -0.39 is 35.1 Å². The summed E-state index contributed by atoms with van der Waals surface area (Å²) in [5.74, 6) is -0.841. The number of carbonyl (C=O) groups excluding carboxylic acids is 3. The van der Waals surface area contributed by atoms with Crippen molar-refractivity contribution in [1.29, 1.82) is 0 Å². The van der Waals surface area contributed by atoms with Gasteiger partial charge in [0.25, 0.3) is 5.91 Å². The second kappa shape index (κ2) is 7.97. The van der Waals surface area contributed by atoms with E-state index in [1.165, 1.54) is 24.0 Å². The Hall–Kier alpha value is -2.78. The topological polar surface area (TPSA) is 90.5 Å². The van der Waals surface area contributed by atoms with Crippen molar-refractivity contribution >= 4 is 23.5 Å². The van der Waals surface area contributed by atoms with Gasteiger partial charge >= 0.3 is 12.2 Å². The molecular weight excluding hydrogens is 425 g/mol. The zero-order chi connectivity index (χ0) is 23.3. The number of nitrogens with zero attached hydrogens (tertiary/aromatic N) is 1. The molecule has 2 aliphatic carbocycles. The van der Waals surface area contributed by atoms with Crippen LogP contribution in [0.1, 0.15) is 69.4 Å². The Morgan fingerprint density at radius 3 is 2.44 bits per heavy atom. The van der Waals surface area contributed by atoms with Crippen molar-refractivity contribution in [1.82, 2.24) is 15.8 Å². The monoisotopic (exact) mass is 452 g/mol. The van der Waals surface area contributed by atoms with Crippen LogP contribution in [0, 0.1) is 5.92 Å². The number of alkyl halides is 3. The highest BCUT2D eigenvalue weighted by Crippen LogP contribution is 2.50. The molecule has 1 aliphatic heterocycles. The number of hydrogen-bond acceptors (Lipinski definition) is 3. The number of hydrogen-bond donors (Lipinski definition) is 3. The number of urea groups is 1. The normalized spacial score (nSPS) is 27.1. The molecule has 2 bridgehead atoms. The lowest BCUT2D eigenvalue weighted by molar-refractivity contribution is -0.157. The summed E-state index contributed by atoms with van der Waals surface area (Å²) < 4.78 is 40.3. The van der Waals surface area contributed by atoms with Crippen LogP contribution in [0.4, 0.5) is 23.7 Å². The van der Waals surface area contributed by atoms with Crippen molar-refractivity contribution in [3.63, 3.8) is 0 Å². The summed E-state index contributed by atoms with van der Waals surface area (Å²) in [5, 5.41) is 2.71. The van der Waals surface area contributed by atoms with Crippen molar-refractivity contribution in [2.45, 2.75) is 76.0 Å². The molecule has 7 nitrogen and oxygen atoms in total. The molecule has 4 amide bonds. The standard InChI is InChI=1S/C22H27F3N4O3/c1-12-8-16-11-21(10-12,19(31)28-27-13(2)30)29(16)20(32)26-15-6-7-18(22(23,24)25)17(9-15)14-4-3-5-14/h6-7,9,12,14,16H,3-5,8,10-11H2,1-2H3,(H,26,32)(H,27,30)(H,28,31). The molecule has 174 valence electrons. The minimum Gasteiger partial charge on any atom is -0.308 e. The number of nitrogens with one attached hydrogen (secondary N) is 3. The van der Waals surface area contributed by atoms with Crippen molar-refractivity contribution in [2.75, 3.05) is 5.32 Å². The van der Waals surface area contributed by atoms with E-state index in [2.05, 4.69) is 16.2 Å². The fourth-order valence-electron chi connectivity index (χ4n) is 5.37. The molecule has 1 heterocycles. The van der Waals surface area contributed by atoms with Gasteiger partial charge in [-0.05, 0) is 61.3 Å². The first-order valence-electron chi connectivity index (χ1n) is 10.9. The van der Waals surface area contributed by atoms with Gasteiger partial charge in [-0.1, -0.05) is 13.3 Å². The number of likely N-dealkylation sites (tertiary alicyclic amines) is 1. The van der Waals surface area contributed by atoms with Crippen LogP contribution in [0.25, 0.3) is 0 Å². The van der Waals surface area contributed by atoms with Crippen molar-refractivity contribution in [3.8, 4) is 0 Å². The maximum absolute atomic E-state index is 13.4. The fraction of sp³-hybridized carbons (Fsp3) is 0.591. The number of hydrazine groups is 1. The smallest absolute Gasteiger partial charge is 0.308 e. The van der Waals surface area contributed by atoms with Crippen LogP contribution in [-0.2, 0) is 15.8 Å². The molecule has 1 aromatic carbocycles. The number of halogens is 3. The third kappa shape index (κ3) is 3.91. The maximum Gasteiger partial charge on any atom is 0.416 e. The highest BCUT2D eigenvalue weighted by Gasteiger charge is 2.62. The van der Waals surface area contributed by atoms with E-state index >= 15 is 0 Å². The number of rotatable bonds is 3. The molecule has 2 saturated carbocycles. The van der Waals surface area contributed by atoms with Crippen molar-refractivity contribution < 1.29 is 27.6 Å². The third-order valence-corrected chi connectivity index (χ3v) is 6.91. The summed E-state index contributed by atoms with van der Waals surface area (Å²) in [6.45, 7) is 3.27. The zero-order valence-electron chi connectivity index (χ0n) is 18.0. The molecule has 0 aromatic heterocycles. The Bertz CT molecular complexity index is 947. The quantitative estimate of drug-likeness (QED) is 0.608. The SMILES string of the molecule is CC(=O)NNC(=O)C12CC(C)CC(C1)N2C(=O)Nc1ccc(C(F)(F)F)c(C2CCC2)c1. The lowest BCUT2D eigenvalue weighted by Gasteiger charge is -2.61. The second-order valence-corrected chi connectivity index (χ2v) is 9.30. The summed E-state index contributed by atoms with van der Waals surface area (Å²) in [6.07, 6.45) is -0.512. The molecule has 1 aromatic rings. The number of amides is 4. The van der Waals surface area contributed by atoms with Gasteiger partial charge in [0.15, 0.2) is 0 Å². The Kier molecular flexibility index (Phi) is 5.58. The third-order valence-electron chi connectivity index (χ3n) is 6.91. The second-order valence-electron chi connectivity index (χ2n) is 9.30. The molecule has 0 radical (unpaired) electrons. The first-order valence-corrected chi connectivity index (χ1v) is 10.9. The average molecular weight is 452 g/mol. The summed E-state index contributed by atoms with van der Waals surface area (Å²) in [4.78, 5) is 38.6. The molecule has 10 heteroatoms. The van der Waals surface area contributed by atoms with Crippen LogP contribution < -0.4 is 16.2 Å². The van der Waals surface area contributed by atoms with E-state index in [0.717, 1.165) is 18.9 Å². The van der Waals surface area contributed by atoms with Crippen LogP contribution in [0.3, 0.4) is 0 Å². The van der Waals surface area contributed by atoms with Gasteiger partial charge in [-0.3, -0.25) is 20.4 Å². The molecule has 3 unspecified atom stereocenters. The number of piperidine rings is 1. The van der Waals surface area contributed by atoms with E-state index in [-0.39, 0.29) is 29.1 Å². The summed E-state index contributed by atoms with van der Waals surface area (Å²) in [6, 6.07) is 3.02. The summed E-state index contributed by atoms with van der Waals surface area (Å²) in [5.41, 5.74) is 3.38. The van der Waals surface area contributed by atoms with Crippen LogP contribution in [-0.4, -0.2) is 34.3 Å². The van der Waals surface area contributed by atoms with Gasteiger partial charge in [0.05, 0.1) is 5.56 Å². The van der Waals surface area contributed by atoms with Crippen LogP contribution in [0.2, 0.25) is 0 Å². The van der Waals surface area contributed by atoms with Crippen LogP contribution in [0.15, 0.2) is 18.2 Å². The van der Waals surface area contributed by atoms with E-state index in [4.69, 9.17) is 0 Å². The summed E-state index contributed by atoms with van der Waals surface area (Å²) >= 11 is 0. The van der Waals surface area contributed by atoms with Crippen LogP contribution in [0.5, 0.6) is 0 Å². The van der Waals surface area contributed by atoms with E-state index in [1.807, 2.05) is 6.92 Å². The number of benzene rings is 1. The molecule has 3 atom stereocenters. The van der Waals surface area contributed by atoms with Gasteiger partial charge in [0, 0.05) is 25.1 Å². The highest BCUT2D eigenvalue weighted by atomic mass is 19.4. The predicted molar refractivity (Wildman–Crippen MR) is 110 cm³/mol. The molecule has 3 fully saturated rings. The number of carbonyl (C=O) groups is 3. The highest BCUT2D eigenvalue weighted by molar-refractivity contribution is 5.98. The molecular formula is C22H27F3N4O3. The number of fused-ring (bicyclic) bond motifs is 2. The van der Waals surface area contributed by atoms with Gasteiger partial charge in [0.1, 0.15) is 5.54 Å². The fourth-order valence-corrected chi connectivity index (χ4v) is 5.37.